The smallest absolute Gasteiger partial charge is 0.255 e. The van der Waals surface area contributed by atoms with Crippen LogP contribution in [0.1, 0.15) is 35.2 Å². The van der Waals surface area contributed by atoms with Crippen LogP contribution < -0.4 is 5.73 Å². The Morgan fingerprint density at radius 1 is 1.08 bits per heavy atom. The number of amides is 1. The van der Waals surface area contributed by atoms with Gasteiger partial charge in [-0.05, 0) is 49.1 Å². The topological polar surface area (TPSA) is 64.2 Å². The van der Waals surface area contributed by atoms with Crippen molar-refractivity contribution in [3.05, 3.63) is 59.9 Å². The fourth-order valence-corrected chi connectivity index (χ4v) is 3.42. The second kappa shape index (κ2) is 6.69. The lowest BCUT2D eigenvalue weighted by Gasteiger charge is -2.26. The number of carbonyl (C=O) groups excluding carboxylic acids is 1. The van der Waals surface area contributed by atoms with Gasteiger partial charge >= 0.3 is 0 Å². The number of likely N-dealkylation sites (tertiary alicyclic amines) is 1. The first-order chi connectivity index (χ1) is 12.3. The number of rotatable bonds is 3. The number of hydrogen-bond acceptors (Lipinski definition) is 3. The Labute approximate surface area is 147 Å². The summed E-state index contributed by atoms with van der Waals surface area (Å²) in [7, 11) is 0. The minimum Gasteiger partial charge on any atom is -0.339 e. The molecular formula is C20H22N4O. The molecule has 0 aliphatic carbocycles. The monoisotopic (exact) mass is 334 g/mol. The standard InChI is InChI=1S/C20H22N4O/c21-13-15-4-6-18(7-5-15)24-11-8-16-12-17(14-22-19(16)24)20(25)23-9-2-1-3-10-23/h4-8,11-12,14H,1-3,9-10,13,21H2. The number of carbonyl (C=O) groups is 1. The summed E-state index contributed by atoms with van der Waals surface area (Å²) in [5.41, 5.74) is 9.33. The Morgan fingerprint density at radius 2 is 1.84 bits per heavy atom. The lowest BCUT2D eigenvalue weighted by atomic mass is 10.1. The highest BCUT2D eigenvalue weighted by molar-refractivity contribution is 5.97. The predicted molar refractivity (Wildman–Crippen MR) is 98.7 cm³/mol. The molecule has 4 rings (SSSR count). The van der Waals surface area contributed by atoms with Gasteiger partial charge in [0.1, 0.15) is 5.65 Å². The van der Waals surface area contributed by atoms with E-state index >= 15 is 0 Å². The molecule has 1 aliphatic heterocycles. The molecular weight excluding hydrogens is 312 g/mol. The van der Waals surface area contributed by atoms with Crippen molar-refractivity contribution in [1.29, 1.82) is 0 Å². The largest absolute Gasteiger partial charge is 0.339 e. The Morgan fingerprint density at radius 3 is 2.56 bits per heavy atom. The van der Waals surface area contributed by atoms with Gasteiger partial charge in [-0.25, -0.2) is 4.98 Å². The zero-order valence-corrected chi connectivity index (χ0v) is 14.2. The first-order valence-electron chi connectivity index (χ1n) is 8.82. The van der Waals surface area contributed by atoms with Crippen molar-refractivity contribution in [2.24, 2.45) is 5.73 Å². The fraction of sp³-hybridized carbons (Fsp3) is 0.300. The van der Waals surface area contributed by atoms with E-state index in [0.717, 1.165) is 48.2 Å². The molecule has 5 heteroatoms. The Hall–Kier alpha value is -2.66. The highest BCUT2D eigenvalue weighted by Gasteiger charge is 2.19. The second-order valence-corrected chi connectivity index (χ2v) is 6.55. The fourth-order valence-electron chi connectivity index (χ4n) is 3.42. The van der Waals surface area contributed by atoms with Gasteiger partial charge in [0.15, 0.2) is 0 Å². The van der Waals surface area contributed by atoms with E-state index in [4.69, 9.17) is 5.73 Å². The third-order valence-electron chi connectivity index (χ3n) is 4.87. The summed E-state index contributed by atoms with van der Waals surface area (Å²) >= 11 is 0. The summed E-state index contributed by atoms with van der Waals surface area (Å²) in [6.07, 6.45) is 7.09. The highest BCUT2D eigenvalue weighted by atomic mass is 16.2. The number of benzene rings is 1. The summed E-state index contributed by atoms with van der Waals surface area (Å²) < 4.78 is 2.03. The third-order valence-corrected chi connectivity index (χ3v) is 4.87. The normalized spacial score (nSPS) is 14.8. The molecule has 25 heavy (non-hydrogen) atoms. The van der Waals surface area contributed by atoms with Crippen LogP contribution in [0.15, 0.2) is 48.8 Å². The van der Waals surface area contributed by atoms with Crippen molar-refractivity contribution in [3.8, 4) is 5.69 Å². The summed E-state index contributed by atoms with van der Waals surface area (Å²) in [6, 6.07) is 12.1. The van der Waals surface area contributed by atoms with Crippen LogP contribution in [0.2, 0.25) is 0 Å². The minimum absolute atomic E-state index is 0.0918. The van der Waals surface area contributed by atoms with Crippen LogP contribution in [0.25, 0.3) is 16.7 Å². The first kappa shape index (κ1) is 15.8. The van der Waals surface area contributed by atoms with Gasteiger partial charge in [0.25, 0.3) is 5.91 Å². The lowest BCUT2D eigenvalue weighted by Crippen LogP contribution is -2.35. The van der Waals surface area contributed by atoms with E-state index in [2.05, 4.69) is 4.98 Å². The zero-order chi connectivity index (χ0) is 17.2. The van der Waals surface area contributed by atoms with Crippen molar-refractivity contribution in [1.82, 2.24) is 14.5 Å². The van der Waals surface area contributed by atoms with Gasteiger partial charge in [-0.15, -0.1) is 0 Å². The Balaban J connectivity index is 1.65. The van der Waals surface area contributed by atoms with Crippen molar-refractivity contribution in [2.45, 2.75) is 25.8 Å². The Bertz CT molecular complexity index is 892. The molecule has 0 bridgehead atoms. The van der Waals surface area contributed by atoms with E-state index in [9.17, 15) is 4.79 Å². The molecule has 1 aliphatic rings. The van der Waals surface area contributed by atoms with Crippen LogP contribution >= 0.6 is 0 Å². The lowest BCUT2D eigenvalue weighted by molar-refractivity contribution is 0.0724. The number of hydrogen-bond donors (Lipinski definition) is 1. The van der Waals surface area contributed by atoms with E-state index in [1.54, 1.807) is 6.20 Å². The number of piperidine rings is 1. The average molecular weight is 334 g/mol. The summed E-state index contributed by atoms with van der Waals surface area (Å²) in [6.45, 7) is 2.24. The molecule has 1 saturated heterocycles. The SMILES string of the molecule is NCc1ccc(-n2ccc3cc(C(=O)N4CCCCC4)cnc32)cc1. The molecule has 0 unspecified atom stereocenters. The van der Waals surface area contributed by atoms with E-state index < -0.39 is 0 Å². The predicted octanol–water partition coefficient (Wildman–Crippen LogP) is 3.11. The van der Waals surface area contributed by atoms with Gasteiger partial charge in [0.2, 0.25) is 0 Å². The molecule has 128 valence electrons. The molecule has 0 saturated carbocycles. The van der Waals surface area contributed by atoms with E-state index in [1.165, 1.54) is 6.42 Å². The van der Waals surface area contributed by atoms with Gasteiger partial charge in [-0.3, -0.25) is 4.79 Å². The number of nitrogens with zero attached hydrogens (tertiary/aromatic N) is 3. The van der Waals surface area contributed by atoms with E-state index in [1.807, 2.05) is 52.1 Å². The second-order valence-electron chi connectivity index (χ2n) is 6.55. The molecule has 1 amide bonds. The van der Waals surface area contributed by atoms with Crippen LogP contribution in [0.4, 0.5) is 0 Å². The molecule has 0 atom stereocenters. The molecule has 1 aromatic carbocycles. The van der Waals surface area contributed by atoms with E-state index in [-0.39, 0.29) is 5.91 Å². The van der Waals surface area contributed by atoms with Crippen LogP contribution in [-0.4, -0.2) is 33.4 Å². The molecule has 3 aromatic rings. The van der Waals surface area contributed by atoms with Crippen LogP contribution in [0, 0.1) is 0 Å². The molecule has 1 fully saturated rings. The van der Waals surface area contributed by atoms with Crippen molar-refractivity contribution >= 4 is 16.9 Å². The number of fused-ring (bicyclic) bond motifs is 1. The first-order valence-corrected chi connectivity index (χ1v) is 8.82. The number of nitrogens with two attached hydrogens (primary N) is 1. The average Bonchev–Trinajstić information content (AvgIpc) is 3.11. The number of pyridine rings is 1. The summed E-state index contributed by atoms with van der Waals surface area (Å²) in [4.78, 5) is 19.2. The van der Waals surface area contributed by atoms with Crippen molar-refractivity contribution in [3.63, 3.8) is 0 Å². The van der Waals surface area contributed by atoms with Crippen molar-refractivity contribution < 1.29 is 4.79 Å². The summed E-state index contributed by atoms with van der Waals surface area (Å²) in [5.74, 6) is 0.0918. The Kier molecular flexibility index (Phi) is 4.24. The van der Waals surface area contributed by atoms with Crippen LogP contribution in [0.3, 0.4) is 0 Å². The van der Waals surface area contributed by atoms with E-state index in [0.29, 0.717) is 12.1 Å². The number of aromatic nitrogens is 2. The van der Waals surface area contributed by atoms with Gasteiger partial charge < -0.3 is 15.2 Å². The minimum atomic E-state index is 0.0918. The maximum Gasteiger partial charge on any atom is 0.255 e. The maximum atomic E-state index is 12.7. The summed E-state index contributed by atoms with van der Waals surface area (Å²) in [5, 5.41) is 0.978. The van der Waals surface area contributed by atoms with Crippen LogP contribution in [0.5, 0.6) is 0 Å². The zero-order valence-electron chi connectivity index (χ0n) is 14.2. The van der Waals surface area contributed by atoms with Gasteiger partial charge in [-0.2, -0.15) is 0 Å². The maximum absolute atomic E-state index is 12.7. The molecule has 5 nitrogen and oxygen atoms in total. The molecule has 3 heterocycles. The van der Waals surface area contributed by atoms with Crippen molar-refractivity contribution in [2.75, 3.05) is 13.1 Å². The molecule has 0 radical (unpaired) electrons. The molecule has 2 aromatic heterocycles. The van der Waals surface area contributed by atoms with Crippen LogP contribution in [-0.2, 0) is 6.54 Å². The van der Waals surface area contributed by atoms with Gasteiger partial charge in [0.05, 0.1) is 5.56 Å². The molecule has 2 N–H and O–H groups in total. The highest BCUT2D eigenvalue weighted by Crippen LogP contribution is 2.21. The van der Waals surface area contributed by atoms with Gasteiger partial charge in [-0.1, -0.05) is 12.1 Å². The quantitative estimate of drug-likeness (QED) is 0.800. The third kappa shape index (κ3) is 3.03. The van der Waals surface area contributed by atoms with Gasteiger partial charge in [0, 0.05) is 43.1 Å². The molecule has 0 spiro atoms.